The smallest absolute Gasteiger partial charge is 0.263 e. The van der Waals surface area contributed by atoms with E-state index in [1.165, 1.54) is 0 Å². The number of hydrogen-bond acceptors (Lipinski definition) is 4. The van der Waals surface area contributed by atoms with E-state index in [2.05, 4.69) is 12.2 Å². The SMILES string of the molecule is CCCCn1cc(-c2ccc3c(c2)OCO3)cc(C(=O)NCc2ccccc2)c1=O. The molecular formula is C24H24N2O4. The van der Waals surface area contributed by atoms with Gasteiger partial charge in [0.05, 0.1) is 0 Å². The Bertz CT molecular complexity index is 1110. The minimum absolute atomic E-state index is 0.136. The molecule has 1 aromatic heterocycles. The first-order valence-electron chi connectivity index (χ1n) is 10.1. The monoisotopic (exact) mass is 404 g/mol. The fourth-order valence-corrected chi connectivity index (χ4v) is 3.40. The Balaban J connectivity index is 1.67. The van der Waals surface area contributed by atoms with Gasteiger partial charge in [0.2, 0.25) is 6.79 Å². The molecule has 0 radical (unpaired) electrons. The molecule has 0 fully saturated rings. The predicted molar refractivity (Wildman–Crippen MR) is 115 cm³/mol. The molecular weight excluding hydrogens is 380 g/mol. The highest BCUT2D eigenvalue weighted by Crippen LogP contribution is 2.35. The average Bonchev–Trinajstić information content (AvgIpc) is 3.25. The van der Waals surface area contributed by atoms with Gasteiger partial charge in [-0.15, -0.1) is 0 Å². The quantitative estimate of drug-likeness (QED) is 0.647. The maximum atomic E-state index is 13.0. The van der Waals surface area contributed by atoms with E-state index in [0.717, 1.165) is 29.5 Å². The van der Waals surface area contributed by atoms with Crippen LogP contribution in [0.25, 0.3) is 11.1 Å². The second kappa shape index (κ2) is 8.86. The van der Waals surface area contributed by atoms with Crippen molar-refractivity contribution in [2.75, 3.05) is 6.79 Å². The van der Waals surface area contributed by atoms with Crippen LogP contribution in [0.2, 0.25) is 0 Å². The largest absolute Gasteiger partial charge is 0.454 e. The molecule has 6 heteroatoms. The van der Waals surface area contributed by atoms with Crippen LogP contribution in [0.4, 0.5) is 0 Å². The van der Waals surface area contributed by atoms with Gasteiger partial charge in [-0.3, -0.25) is 9.59 Å². The number of aromatic nitrogens is 1. The third kappa shape index (κ3) is 4.22. The fraction of sp³-hybridized carbons (Fsp3) is 0.250. The summed E-state index contributed by atoms with van der Waals surface area (Å²) in [7, 11) is 0. The summed E-state index contributed by atoms with van der Waals surface area (Å²) in [4.78, 5) is 25.8. The summed E-state index contributed by atoms with van der Waals surface area (Å²) in [5, 5.41) is 2.86. The lowest BCUT2D eigenvalue weighted by Gasteiger charge is -2.13. The van der Waals surface area contributed by atoms with E-state index in [0.29, 0.717) is 24.6 Å². The standard InChI is InChI=1S/C24H24N2O4/c1-2-3-11-26-15-19(18-9-10-21-22(13-18)30-16-29-21)12-20(24(26)28)23(27)25-14-17-7-5-4-6-8-17/h4-10,12-13,15H,2-3,11,14,16H2,1H3,(H,25,27). The number of pyridine rings is 1. The van der Waals surface area contributed by atoms with Crippen LogP contribution in [0.1, 0.15) is 35.7 Å². The van der Waals surface area contributed by atoms with Gasteiger partial charge in [0.25, 0.3) is 11.5 Å². The van der Waals surface area contributed by atoms with Crippen LogP contribution in [0.3, 0.4) is 0 Å². The van der Waals surface area contributed by atoms with Gasteiger partial charge in [0.15, 0.2) is 11.5 Å². The Hall–Kier alpha value is -3.54. The number of carbonyl (C=O) groups is 1. The van der Waals surface area contributed by atoms with Crippen molar-refractivity contribution >= 4 is 5.91 Å². The van der Waals surface area contributed by atoms with E-state index in [1.807, 2.05) is 54.7 Å². The van der Waals surface area contributed by atoms with E-state index in [9.17, 15) is 9.59 Å². The number of aryl methyl sites for hydroxylation is 1. The molecule has 1 aliphatic heterocycles. The zero-order valence-electron chi connectivity index (χ0n) is 16.9. The molecule has 0 bridgehead atoms. The first-order valence-corrected chi connectivity index (χ1v) is 10.1. The van der Waals surface area contributed by atoms with E-state index in [-0.39, 0.29) is 23.8 Å². The Labute approximate surface area is 175 Å². The number of benzene rings is 2. The Kier molecular flexibility index (Phi) is 5.84. The number of unbranched alkanes of at least 4 members (excludes halogenated alkanes) is 1. The molecule has 0 spiro atoms. The van der Waals surface area contributed by atoms with Crippen LogP contribution < -0.4 is 20.3 Å². The average molecular weight is 404 g/mol. The maximum Gasteiger partial charge on any atom is 0.263 e. The number of hydrogen-bond donors (Lipinski definition) is 1. The third-order valence-corrected chi connectivity index (χ3v) is 5.09. The Morgan fingerprint density at radius 3 is 2.63 bits per heavy atom. The molecule has 1 N–H and O–H groups in total. The highest BCUT2D eigenvalue weighted by molar-refractivity contribution is 5.95. The lowest BCUT2D eigenvalue weighted by Crippen LogP contribution is -2.33. The number of amides is 1. The van der Waals surface area contributed by atoms with Crippen molar-refractivity contribution in [2.24, 2.45) is 0 Å². The van der Waals surface area contributed by atoms with Crippen LogP contribution >= 0.6 is 0 Å². The number of nitrogens with zero attached hydrogens (tertiary/aromatic N) is 1. The molecule has 1 amide bonds. The van der Waals surface area contributed by atoms with Gasteiger partial charge in [-0.1, -0.05) is 49.7 Å². The first-order chi connectivity index (χ1) is 14.7. The molecule has 0 aliphatic carbocycles. The number of fused-ring (bicyclic) bond motifs is 1. The molecule has 0 saturated carbocycles. The van der Waals surface area contributed by atoms with Crippen molar-refractivity contribution in [3.63, 3.8) is 0 Å². The maximum absolute atomic E-state index is 13.0. The van der Waals surface area contributed by atoms with Gasteiger partial charge in [-0.25, -0.2) is 0 Å². The summed E-state index contributed by atoms with van der Waals surface area (Å²) in [5.41, 5.74) is 2.48. The molecule has 0 unspecified atom stereocenters. The highest BCUT2D eigenvalue weighted by atomic mass is 16.7. The molecule has 1 aliphatic rings. The zero-order valence-corrected chi connectivity index (χ0v) is 16.9. The lowest BCUT2D eigenvalue weighted by molar-refractivity contribution is 0.0948. The van der Waals surface area contributed by atoms with Crippen molar-refractivity contribution in [1.82, 2.24) is 9.88 Å². The van der Waals surface area contributed by atoms with Crippen LogP contribution in [0, 0.1) is 0 Å². The van der Waals surface area contributed by atoms with Crippen LogP contribution in [0.15, 0.2) is 65.6 Å². The molecule has 30 heavy (non-hydrogen) atoms. The third-order valence-electron chi connectivity index (χ3n) is 5.09. The van der Waals surface area contributed by atoms with Crippen LogP contribution in [-0.4, -0.2) is 17.3 Å². The molecule has 0 atom stereocenters. The minimum Gasteiger partial charge on any atom is -0.454 e. The second-order valence-electron chi connectivity index (χ2n) is 7.23. The number of rotatable bonds is 7. The van der Waals surface area contributed by atoms with Gasteiger partial charge in [0, 0.05) is 19.3 Å². The predicted octanol–water partition coefficient (Wildman–Crippen LogP) is 3.97. The number of carbonyl (C=O) groups excluding carboxylic acids is 1. The van der Waals surface area contributed by atoms with Gasteiger partial charge < -0.3 is 19.4 Å². The first kappa shape index (κ1) is 19.8. The van der Waals surface area contributed by atoms with Crippen molar-refractivity contribution in [3.8, 4) is 22.6 Å². The molecule has 2 heterocycles. The number of ether oxygens (including phenoxy) is 2. The summed E-state index contributed by atoms with van der Waals surface area (Å²) < 4.78 is 12.5. The second-order valence-corrected chi connectivity index (χ2v) is 7.23. The van der Waals surface area contributed by atoms with Gasteiger partial charge in [-0.05, 0) is 41.3 Å². The van der Waals surface area contributed by atoms with E-state index in [1.54, 1.807) is 10.6 Å². The molecule has 3 aromatic rings. The van der Waals surface area contributed by atoms with Gasteiger partial charge in [-0.2, -0.15) is 0 Å². The summed E-state index contributed by atoms with van der Waals surface area (Å²) in [6.45, 7) is 3.19. The van der Waals surface area contributed by atoms with Crippen molar-refractivity contribution in [1.29, 1.82) is 0 Å². The van der Waals surface area contributed by atoms with E-state index in [4.69, 9.17) is 9.47 Å². The van der Waals surface area contributed by atoms with Gasteiger partial charge in [0.1, 0.15) is 5.56 Å². The van der Waals surface area contributed by atoms with Crippen molar-refractivity contribution in [2.45, 2.75) is 32.9 Å². The zero-order chi connectivity index (χ0) is 20.9. The Morgan fingerprint density at radius 2 is 1.83 bits per heavy atom. The van der Waals surface area contributed by atoms with Crippen LogP contribution in [-0.2, 0) is 13.1 Å². The molecule has 2 aromatic carbocycles. The molecule has 6 nitrogen and oxygen atoms in total. The number of nitrogens with one attached hydrogen (secondary N) is 1. The van der Waals surface area contributed by atoms with E-state index >= 15 is 0 Å². The fourth-order valence-electron chi connectivity index (χ4n) is 3.40. The summed E-state index contributed by atoms with van der Waals surface area (Å²) in [6.07, 6.45) is 3.62. The van der Waals surface area contributed by atoms with Crippen molar-refractivity contribution < 1.29 is 14.3 Å². The summed E-state index contributed by atoms with van der Waals surface area (Å²) >= 11 is 0. The molecule has 4 rings (SSSR count). The topological polar surface area (TPSA) is 69.6 Å². The molecule has 154 valence electrons. The summed E-state index contributed by atoms with van der Waals surface area (Å²) in [6, 6.07) is 16.9. The Morgan fingerprint density at radius 1 is 1.03 bits per heavy atom. The molecule has 0 saturated heterocycles. The van der Waals surface area contributed by atoms with Gasteiger partial charge >= 0.3 is 0 Å². The summed E-state index contributed by atoms with van der Waals surface area (Å²) in [5.74, 6) is 0.976. The van der Waals surface area contributed by atoms with Crippen molar-refractivity contribution in [3.05, 3.63) is 82.3 Å². The highest BCUT2D eigenvalue weighted by Gasteiger charge is 2.18. The normalized spacial score (nSPS) is 12.0. The van der Waals surface area contributed by atoms with Crippen LogP contribution in [0.5, 0.6) is 11.5 Å². The lowest BCUT2D eigenvalue weighted by atomic mass is 10.0. The van der Waals surface area contributed by atoms with E-state index < -0.39 is 0 Å². The minimum atomic E-state index is -0.378.